The molecule has 0 aliphatic rings. The molecule has 0 saturated heterocycles. The molecule has 0 fully saturated rings. The number of nitrogens with one attached hydrogen (secondary N) is 1. The number of rotatable bonds is 5. The quantitative estimate of drug-likeness (QED) is 0.647. The summed E-state index contributed by atoms with van der Waals surface area (Å²) in [6, 6.07) is 2.73. The number of hydrogen-bond acceptors (Lipinski definition) is 3. The van der Waals surface area contributed by atoms with Gasteiger partial charge in [-0.15, -0.1) is 0 Å². The zero-order valence-electron chi connectivity index (χ0n) is 8.84. The standard InChI is InChI=1S/C9H10BrCl2NO3S/c1-16-3-2-13-17(14,15)9-5-8(12)7(11)4-6(9)10/h4-5,13H,2-3H2,1H3. The summed E-state index contributed by atoms with van der Waals surface area (Å²) >= 11 is 14.7. The van der Waals surface area contributed by atoms with Crippen LogP contribution in [0.4, 0.5) is 0 Å². The van der Waals surface area contributed by atoms with Crippen LogP contribution in [0.3, 0.4) is 0 Å². The molecule has 0 aliphatic carbocycles. The first-order chi connectivity index (χ1) is 7.88. The van der Waals surface area contributed by atoms with E-state index in [1.165, 1.54) is 19.2 Å². The maximum atomic E-state index is 11.9. The predicted octanol–water partition coefficient (Wildman–Crippen LogP) is 2.68. The van der Waals surface area contributed by atoms with E-state index in [0.717, 1.165) is 0 Å². The van der Waals surface area contributed by atoms with Gasteiger partial charge in [-0.2, -0.15) is 0 Å². The highest BCUT2D eigenvalue weighted by Crippen LogP contribution is 2.31. The summed E-state index contributed by atoms with van der Waals surface area (Å²) in [7, 11) is -2.13. The van der Waals surface area contributed by atoms with Crippen molar-refractivity contribution in [3.05, 3.63) is 26.7 Å². The van der Waals surface area contributed by atoms with Gasteiger partial charge < -0.3 is 4.74 Å². The highest BCUT2D eigenvalue weighted by atomic mass is 79.9. The molecule has 0 aromatic heterocycles. The summed E-state index contributed by atoms with van der Waals surface area (Å²) in [4.78, 5) is 0.0444. The number of halogens is 3. The minimum atomic E-state index is -3.62. The van der Waals surface area contributed by atoms with E-state index in [1.807, 2.05) is 0 Å². The van der Waals surface area contributed by atoms with Crippen LogP contribution in [0.1, 0.15) is 0 Å². The Kier molecular flexibility index (Phi) is 5.69. The minimum Gasteiger partial charge on any atom is -0.383 e. The molecule has 0 radical (unpaired) electrons. The molecule has 17 heavy (non-hydrogen) atoms. The second kappa shape index (κ2) is 6.36. The molecule has 8 heteroatoms. The Morgan fingerprint density at radius 1 is 1.35 bits per heavy atom. The Morgan fingerprint density at radius 2 is 1.94 bits per heavy atom. The summed E-state index contributed by atoms with van der Waals surface area (Å²) in [5, 5.41) is 0.469. The first kappa shape index (κ1) is 15.2. The van der Waals surface area contributed by atoms with Gasteiger partial charge in [0.1, 0.15) is 0 Å². The van der Waals surface area contributed by atoms with Gasteiger partial charge in [0.2, 0.25) is 10.0 Å². The van der Waals surface area contributed by atoms with Crippen LogP contribution in [-0.2, 0) is 14.8 Å². The fourth-order valence-corrected chi connectivity index (χ4v) is 3.67. The molecule has 4 nitrogen and oxygen atoms in total. The topological polar surface area (TPSA) is 55.4 Å². The normalized spacial score (nSPS) is 11.8. The number of benzene rings is 1. The van der Waals surface area contributed by atoms with E-state index in [2.05, 4.69) is 20.7 Å². The number of sulfonamides is 1. The number of methoxy groups -OCH3 is 1. The van der Waals surface area contributed by atoms with Gasteiger partial charge in [0.25, 0.3) is 0 Å². The van der Waals surface area contributed by atoms with Gasteiger partial charge >= 0.3 is 0 Å². The molecular formula is C9H10BrCl2NO3S. The van der Waals surface area contributed by atoms with E-state index in [-0.39, 0.29) is 28.1 Å². The van der Waals surface area contributed by atoms with Gasteiger partial charge in [0.15, 0.2) is 0 Å². The van der Waals surface area contributed by atoms with Crippen molar-refractivity contribution < 1.29 is 13.2 Å². The Hall–Kier alpha value is 0.150. The molecule has 1 aromatic rings. The van der Waals surface area contributed by atoms with Crippen LogP contribution in [0, 0.1) is 0 Å². The molecule has 0 saturated carbocycles. The summed E-state index contributed by atoms with van der Waals surface area (Å²) in [6.07, 6.45) is 0. The van der Waals surface area contributed by atoms with Gasteiger partial charge in [0.05, 0.1) is 21.5 Å². The molecule has 0 amide bonds. The van der Waals surface area contributed by atoms with Crippen molar-refractivity contribution >= 4 is 49.2 Å². The summed E-state index contributed by atoms with van der Waals surface area (Å²) in [6.45, 7) is 0.476. The van der Waals surface area contributed by atoms with Crippen molar-refractivity contribution in [1.29, 1.82) is 0 Å². The monoisotopic (exact) mass is 361 g/mol. The fourth-order valence-electron chi connectivity index (χ4n) is 1.07. The molecule has 0 bridgehead atoms. The Morgan fingerprint density at radius 3 is 2.53 bits per heavy atom. The van der Waals surface area contributed by atoms with Crippen molar-refractivity contribution in [3.63, 3.8) is 0 Å². The smallest absolute Gasteiger partial charge is 0.241 e. The number of ether oxygens (including phenoxy) is 1. The van der Waals surface area contributed by atoms with E-state index < -0.39 is 10.0 Å². The van der Waals surface area contributed by atoms with E-state index in [1.54, 1.807) is 0 Å². The third-order valence-corrected chi connectivity index (χ3v) is 5.00. The molecule has 1 rings (SSSR count). The average molecular weight is 363 g/mol. The molecule has 0 unspecified atom stereocenters. The fraction of sp³-hybridized carbons (Fsp3) is 0.333. The molecule has 0 heterocycles. The largest absolute Gasteiger partial charge is 0.383 e. The molecule has 1 aromatic carbocycles. The SMILES string of the molecule is COCCNS(=O)(=O)c1cc(Cl)c(Cl)cc1Br. The third kappa shape index (κ3) is 4.08. The Balaban J connectivity index is 3.03. The lowest BCUT2D eigenvalue weighted by Crippen LogP contribution is -2.27. The summed E-state index contributed by atoms with van der Waals surface area (Å²) in [5.41, 5.74) is 0. The molecule has 0 aliphatic heterocycles. The van der Waals surface area contributed by atoms with Crippen LogP contribution in [-0.4, -0.2) is 28.7 Å². The molecule has 96 valence electrons. The van der Waals surface area contributed by atoms with Crippen LogP contribution in [0.15, 0.2) is 21.5 Å². The van der Waals surface area contributed by atoms with Gasteiger partial charge in [0, 0.05) is 18.1 Å². The lowest BCUT2D eigenvalue weighted by Gasteiger charge is -2.09. The van der Waals surface area contributed by atoms with E-state index >= 15 is 0 Å². The first-order valence-corrected chi connectivity index (χ1v) is 7.55. The number of hydrogen-bond donors (Lipinski definition) is 1. The second-order valence-corrected chi connectivity index (χ2v) is 6.49. The van der Waals surface area contributed by atoms with Crippen molar-refractivity contribution in [2.24, 2.45) is 0 Å². The average Bonchev–Trinajstić information content (AvgIpc) is 2.23. The van der Waals surface area contributed by atoms with Gasteiger partial charge in [-0.3, -0.25) is 0 Å². The zero-order valence-corrected chi connectivity index (χ0v) is 12.8. The van der Waals surface area contributed by atoms with Crippen LogP contribution < -0.4 is 4.72 Å². The van der Waals surface area contributed by atoms with E-state index in [4.69, 9.17) is 27.9 Å². The van der Waals surface area contributed by atoms with Crippen LogP contribution in [0.5, 0.6) is 0 Å². The zero-order chi connectivity index (χ0) is 13.1. The maximum absolute atomic E-state index is 11.9. The minimum absolute atomic E-state index is 0.0444. The Bertz CT molecular complexity index is 507. The molecule has 0 spiro atoms. The third-order valence-electron chi connectivity index (χ3n) is 1.86. The van der Waals surface area contributed by atoms with Crippen LogP contribution in [0.25, 0.3) is 0 Å². The van der Waals surface area contributed by atoms with Crippen molar-refractivity contribution in [3.8, 4) is 0 Å². The second-order valence-electron chi connectivity index (χ2n) is 3.09. The van der Waals surface area contributed by atoms with E-state index in [0.29, 0.717) is 4.47 Å². The van der Waals surface area contributed by atoms with Gasteiger partial charge in [-0.25, -0.2) is 13.1 Å². The predicted molar refractivity (Wildman–Crippen MR) is 71.2 cm³/mol. The summed E-state index contributed by atoms with van der Waals surface area (Å²) in [5.74, 6) is 0. The first-order valence-electron chi connectivity index (χ1n) is 4.51. The van der Waals surface area contributed by atoms with Gasteiger partial charge in [-0.1, -0.05) is 23.2 Å². The van der Waals surface area contributed by atoms with Crippen LogP contribution >= 0.6 is 39.1 Å². The maximum Gasteiger partial charge on any atom is 0.241 e. The van der Waals surface area contributed by atoms with Crippen LogP contribution in [0.2, 0.25) is 10.0 Å². The highest BCUT2D eigenvalue weighted by Gasteiger charge is 2.18. The lowest BCUT2D eigenvalue weighted by atomic mass is 10.4. The van der Waals surface area contributed by atoms with Crippen molar-refractivity contribution in [2.45, 2.75) is 4.90 Å². The van der Waals surface area contributed by atoms with Gasteiger partial charge in [-0.05, 0) is 28.1 Å². The van der Waals surface area contributed by atoms with Crippen molar-refractivity contribution in [1.82, 2.24) is 4.72 Å². The van der Waals surface area contributed by atoms with Crippen molar-refractivity contribution in [2.75, 3.05) is 20.3 Å². The highest BCUT2D eigenvalue weighted by molar-refractivity contribution is 9.10. The molecular weight excluding hydrogens is 353 g/mol. The summed E-state index contributed by atoms with van der Waals surface area (Å²) < 4.78 is 31.3. The molecule has 0 atom stereocenters. The Labute approximate surface area is 118 Å². The molecule has 1 N–H and O–H groups in total. The van der Waals surface area contributed by atoms with E-state index in [9.17, 15) is 8.42 Å². The lowest BCUT2D eigenvalue weighted by molar-refractivity contribution is 0.204.